The van der Waals surface area contributed by atoms with Gasteiger partial charge in [0.05, 0.1) is 50.9 Å². The third-order valence-corrected chi connectivity index (χ3v) is 14.9. The fraction of sp³-hybridized carbons (Fsp3) is 0.594. The minimum Gasteiger partial charge on any atom is -0.545 e. The van der Waals surface area contributed by atoms with Gasteiger partial charge in [-0.25, -0.2) is 0 Å². The van der Waals surface area contributed by atoms with Crippen molar-refractivity contribution in [1.82, 2.24) is 4.98 Å². The summed E-state index contributed by atoms with van der Waals surface area (Å²) in [6.45, 7) is 35.6. The van der Waals surface area contributed by atoms with Gasteiger partial charge in [0.1, 0.15) is 0 Å². The SMILES string of the molecule is CC(C)(C)[PH+](Cc1cccc(C[PH+](C(C)(C)C)C(C)(C)C)n1)C(C)(C)C.OCc1ccccc1.[CH-]=O.[CH-]=O.[Mn+2]. The fourth-order valence-corrected chi connectivity index (χ4v) is 12.7. The van der Waals surface area contributed by atoms with Crippen LogP contribution in [-0.2, 0) is 45.6 Å². The predicted molar refractivity (Wildman–Crippen MR) is 173 cm³/mol. The molecule has 1 aromatic heterocycles. The van der Waals surface area contributed by atoms with Crippen molar-refractivity contribution in [3.63, 3.8) is 0 Å². The number of aromatic nitrogens is 1. The van der Waals surface area contributed by atoms with Gasteiger partial charge in [-0.1, -0.05) is 36.4 Å². The van der Waals surface area contributed by atoms with E-state index in [1.165, 1.54) is 23.7 Å². The molecule has 4 nitrogen and oxygen atoms in total. The Morgan fingerprint density at radius 1 is 0.590 bits per heavy atom. The number of nitrogens with zero attached hydrogens (tertiary/aromatic N) is 1. The van der Waals surface area contributed by atoms with E-state index in [2.05, 4.69) is 115 Å². The molecule has 0 unspecified atom stereocenters. The summed E-state index contributed by atoms with van der Waals surface area (Å²) in [5, 5.41) is 10.1. The first-order valence-corrected chi connectivity index (χ1v) is 16.6. The Labute approximate surface area is 253 Å². The van der Waals surface area contributed by atoms with Gasteiger partial charge in [0, 0.05) is 15.8 Å². The topological polar surface area (TPSA) is 67.3 Å². The van der Waals surface area contributed by atoms with Crippen LogP contribution in [0.3, 0.4) is 0 Å². The zero-order valence-electron chi connectivity index (χ0n) is 26.5. The van der Waals surface area contributed by atoms with Crippen LogP contribution < -0.4 is 0 Å². The van der Waals surface area contributed by atoms with Crippen molar-refractivity contribution in [1.29, 1.82) is 0 Å². The smallest absolute Gasteiger partial charge is 0.545 e. The predicted octanol–water partition coefficient (Wildman–Crippen LogP) is 8.33. The third-order valence-electron chi connectivity index (χ3n) is 6.23. The second-order valence-electron chi connectivity index (χ2n) is 13.6. The van der Waals surface area contributed by atoms with Crippen molar-refractivity contribution in [3.05, 3.63) is 65.5 Å². The van der Waals surface area contributed by atoms with Crippen LogP contribution in [0.2, 0.25) is 0 Å². The summed E-state index contributed by atoms with van der Waals surface area (Å²) < 4.78 is 0. The molecule has 0 aliphatic rings. The van der Waals surface area contributed by atoms with Crippen molar-refractivity contribution in [2.75, 3.05) is 0 Å². The molecule has 2 rings (SSSR count). The Morgan fingerprint density at radius 3 is 1.13 bits per heavy atom. The van der Waals surface area contributed by atoms with Gasteiger partial charge in [-0.05, 0) is 101 Å². The Bertz CT molecular complexity index is 819. The second kappa shape index (κ2) is 19.2. The molecule has 221 valence electrons. The van der Waals surface area contributed by atoms with Crippen LogP contribution in [0.5, 0.6) is 0 Å². The number of carbonyl (C=O) groups excluding carboxylic acids is 2. The maximum atomic E-state index is 8.54. The standard InChI is InChI=1S/C23H43NP2.C7H8O.2CHO.Mn/c1-20(2,3)25(21(4,5)6)16-18-14-13-15-19(24-18)17-26(22(7,8)9)23(10,11)12;8-6-7-4-2-1-3-5-7;2*1-2;/h13-15H,16-17H2,1-12H3;1-5,8H,6H2;2*1H;/q;;2*-1;+2/p+2. The molecule has 0 aliphatic heterocycles. The number of aliphatic hydroxyl groups is 1. The number of hydrogen-bond acceptors (Lipinski definition) is 4. The van der Waals surface area contributed by atoms with E-state index in [0.717, 1.165) is 5.56 Å². The minimum absolute atomic E-state index is 0. The molecular weight excluding hydrogens is 563 g/mol. The summed E-state index contributed by atoms with van der Waals surface area (Å²) in [6, 6.07) is 16.3. The van der Waals surface area contributed by atoms with Crippen LogP contribution in [0.25, 0.3) is 0 Å². The summed E-state index contributed by atoms with van der Waals surface area (Å²) in [5.74, 6) is 0. The fourth-order valence-electron chi connectivity index (χ4n) is 4.98. The van der Waals surface area contributed by atoms with Gasteiger partial charge in [0.25, 0.3) is 0 Å². The summed E-state index contributed by atoms with van der Waals surface area (Å²) in [6.07, 6.45) is 2.33. The zero-order chi connectivity index (χ0) is 30.4. The average molecular weight is 619 g/mol. The molecule has 0 saturated heterocycles. The molecule has 0 saturated carbocycles. The maximum absolute atomic E-state index is 8.54. The summed E-state index contributed by atoms with van der Waals surface area (Å²) >= 11 is 0. The van der Waals surface area contributed by atoms with Crippen molar-refractivity contribution >= 4 is 29.4 Å². The van der Waals surface area contributed by atoms with E-state index in [0.29, 0.717) is 20.6 Å². The minimum atomic E-state index is -0.583. The Morgan fingerprint density at radius 2 is 0.897 bits per heavy atom. The van der Waals surface area contributed by atoms with Gasteiger partial charge in [-0.15, -0.1) is 0 Å². The van der Waals surface area contributed by atoms with Crippen LogP contribution in [0, 0.1) is 0 Å². The molecule has 0 atom stereocenters. The molecular formula is C32H55MnNO3P2+2. The van der Waals surface area contributed by atoms with Crippen molar-refractivity contribution in [3.8, 4) is 0 Å². The van der Waals surface area contributed by atoms with Crippen molar-refractivity contribution < 1.29 is 31.8 Å². The van der Waals surface area contributed by atoms with Crippen LogP contribution in [0.15, 0.2) is 48.5 Å². The largest absolute Gasteiger partial charge is 2.00 e. The molecule has 1 heterocycles. The number of hydrogen-bond donors (Lipinski definition) is 1. The number of pyridine rings is 1. The van der Waals surface area contributed by atoms with Gasteiger partial charge in [-0.2, -0.15) is 0 Å². The van der Waals surface area contributed by atoms with E-state index in [4.69, 9.17) is 19.7 Å². The molecule has 0 aliphatic carbocycles. The van der Waals surface area contributed by atoms with E-state index in [9.17, 15) is 0 Å². The van der Waals surface area contributed by atoms with Crippen LogP contribution in [0.1, 0.15) is 100 Å². The van der Waals surface area contributed by atoms with Gasteiger partial charge in [0.15, 0.2) is 0 Å². The Hall–Kier alpha value is -0.951. The molecule has 2 aromatic rings. The Balaban J connectivity index is -0.000000832. The number of rotatable bonds is 5. The zero-order valence-corrected chi connectivity index (χ0v) is 29.7. The van der Waals surface area contributed by atoms with E-state index in [1.54, 1.807) is 0 Å². The molecule has 7 heteroatoms. The van der Waals surface area contributed by atoms with E-state index < -0.39 is 15.8 Å². The van der Waals surface area contributed by atoms with Crippen LogP contribution >= 0.6 is 15.8 Å². The van der Waals surface area contributed by atoms with Gasteiger partial charge >= 0.3 is 17.1 Å². The van der Waals surface area contributed by atoms with E-state index >= 15 is 0 Å². The van der Waals surface area contributed by atoms with E-state index in [1.807, 2.05) is 30.3 Å². The molecule has 39 heavy (non-hydrogen) atoms. The third kappa shape index (κ3) is 17.5. The van der Waals surface area contributed by atoms with Crippen molar-refractivity contribution in [2.45, 2.75) is 123 Å². The van der Waals surface area contributed by atoms with Crippen molar-refractivity contribution in [2.24, 2.45) is 0 Å². The van der Waals surface area contributed by atoms with Gasteiger partial charge in [-0.3, -0.25) is 18.6 Å². The molecule has 0 fully saturated rings. The average Bonchev–Trinajstić information content (AvgIpc) is 2.82. The number of aliphatic hydroxyl groups excluding tert-OH is 1. The maximum Gasteiger partial charge on any atom is 2.00 e. The molecule has 1 radical (unpaired) electrons. The molecule has 0 amide bonds. The van der Waals surface area contributed by atoms with Gasteiger partial charge < -0.3 is 14.7 Å². The molecule has 1 N–H and O–H groups in total. The monoisotopic (exact) mass is 618 g/mol. The molecule has 0 spiro atoms. The first kappa shape index (κ1) is 42.5. The summed E-state index contributed by atoms with van der Waals surface area (Å²) in [4.78, 5) is 20.7. The quantitative estimate of drug-likeness (QED) is 0.158. The first-order valence-electron chi connectivity index (χ1n) is 13.2. The summed E-state index contributed by atoms with van der Waals surface area (Å²) in [5.41, 5.74) is 3.59. The summed E-state index contributed by atoms with van der Waals surface area (Å²) in [7, 11) is -1.17. The number of benzene rings is 1. The van der Waals surface area contributed by atoms with E-state index in [-0.39, 0.29) is 23.7 Å². The Kier molecular flexibility index (Phi) is 21.0. The normalized spacial score (nSPS) is 11.7. The van der Waals surface area contributed by atoms with Crippen LogP contribution in [-0.4, -0.2) is 44.3 Å². The van der Waals surface area contributed by atoms with Gasteiger partial charge in [0.2, 0.25) is 0 Å². The molecule has 0 bridgehead atoms. The van der Waals surface area contributed by atoms with Crippen LogP contribution in [0.4, 0.5) is 0 Å². The first-order chi connectivity index (χ1) is 17.4. The molecule has 1 aromatic carbocycles. The second-order valence-corrected chi connectivity index (χ2v) is 22.2.